The first-order valence-electron chi connectivity index (χ1n) is 4.92. The van der Waals surface area contributed by atoms with E-state index in [9.17, 15) is 0 Å². The van der Waals surface area contributed by atoms with Crippen LogP contribution in [0.3, 0.4) is 0 Å². The lowest BCUT2D eigenvalue weighted by Gasteiger charge is -2.19. The molecule has 15 heavy (non-hydrogen) atoms. The van der Waals surface area contributed by atoms with Gasteiger partial charge in [0.2, 0.25) is 0 Å². The van der Waals surface area contributed by atoms with Crippen LogP contribution in [0, 0.1) is 0 Å². The van der Waals surface area contributed by atoms with E-state index in [-0.39, 0.29) is 19.5 Å². The van der Waals surface area contributed by atoms with E-state index in [4.69, 9.17) is 24.1 Å². The summed E-state index contributed by atoms with van der Waals surface area (Å²) in [5, 5.41) is 8.51. The molecule has 90 valence electrons. The van der Waals surface area contributed by atoms with Crippen molar-refractivity contribution in [2.75, 3.05) is 26.4 Å². The van der Waals surface area contributed by atoms with Crippen LogP contribution in [0.5, 0.6) is 0 Å². The lowest BCUT2D eigenvalue weighted by Crippen LogP contribution is -2.24. The fourth-order valence-electron chi connectivity index (χ4n) is 0.913. The molecule has 5 nitrogen and oxygen atoms in total. The van der Waals surface area contributed by atoms with Crippen LogP contribution < -0.4 is 0 Å². The summed E-state index contributed by atoms with van der Waals surface area (Å²) in [4.78, 5) is 0. The van der Waals surface area contributed by atoms with E-state index in [1.54, 1.807) is 13.8 Å². The highest BCUT2D eigenvalue weighted by Crippen LogP contribution is 2.01. The number of rotatable bonds is 10. The molecular weight excluding hydrogens is 200 g/mol. The van der Waals surface area contributed by atoms with Crippen molar-refractivity contribution in [3.8, 4) is 0 Å². The molecule has 0 aliphatic rings. The maximum Gasteiger partial charge on any atom is 0.158 e. The SMILES string of the molecule is C=COCCOC(C)OC(C)OCCO. The van der Waals surface area contributed by atoms with Gasteiger partial charge in [-0.3, -0.25) is 0 Å². The van der Waals surface area contributed by atoms with E-state index >= 15 is 0 Å². The minimum absolute atomic E-state index is 0.0177. The van der Waals surface area contributed by atoms with E-state index in [1.165, 1.54) is 6.26 Å². The second-order valence-corrected chi connectivity index (χ2v) is 2.77. The van der Waals surface area contributed by atoms with Crippen LogP contribution in [0.1, 0.15) is 13.8 Å². The molecule has 0 radical (unpaired) electrons. The van der Waals surface area contributed by atoms with Gasteiger partial charge in [0.25, 0.3) is 0 Å². The van der Waals surface area contributed by atoms with Crippen molar-refractivity contribution >= 4 is 0 Å². The fraction of sp³-hybridized carbons (Fsp3) is 0.800. The Bertz CT molecular complexity index is 151. The van der Waals surface area contributed by atoms with Crippen molar-refractivity contribution in [3.63, 3.8) is 0 Å². The molecule has 0 fully saturated rings. The number of hydrogen-bond acceptors (Lipinski definition) is 5. The molecule has 0 aromatic carbocycles. The summed E-state index contributed by atoms with van der Waals surface area (Å²) in [5.41, 5.74) is 0. The standard InChI is InChI=1S/C10H20O5/c1-4-12-7-8-14-10(3)15-9(2)13-6-5-11/h4,9-11H,1,5-8H2,2-3H3. The molecule has 0 rings (SSSR count). The van der Waals surface area contributed by atoms with Crippen molar-refractivity contribution < 1.29 is 24.1 Å². The molecular formula is C10H20O5. The summed E-state index contributed by atoms with van der Waals surface area (Å²) in [7, 11) is 0. The van der Waals surface area contributed by atoms with Crippen LogP contribution in [0.25, 0.3) is 0 Å². The van der Waals surface area contributed by atoms with E-state index in [1.807, 2.05) is 0 Å². The van der Waals surface area contributed by atoms with E-state index < -0.39 is 6.29 Å². The molecule has 0 spiro atoms. The van der Waals surface area contributed by atoms with Crippen LogP contribution >= 0.6 is 0 Å². The molecule has 5 heteroatoms. The third-order valence-electron chi connectivity index (χ3n) is 1.50. The maximum absolute atomic E-state index is 8.51. The van der Waals surface area contributed by atoms with E-state index in [0.29, 0.717) is 13.2 Å². The highest BCUT2D eigenvalue weighted by molar-refractivity contribution is 4.48. The molecule has 0 aromatic heterocycles. The van der Waals surface area contributed by atoms with Crippen LogP contribution in [0.15, 0.2) is 12.8 Å². The Morgan fingerprint density at radius 3 is 2.27 bits per heavy atom. The summed E-state index contributed by atoms with van der Waals surface area (Å²) in [6, 6.07) is 0. The molecule has 0 aliphatic carbocycles. The highest BCUT2D eigenvalue weighted by atomic mass is 16.8. The molecule has 0 saturated carbocycles. The van der Waals surface area contributed by atoms with Crippen molar-refractivity contribution in [2.45, 2.75) is 26.4 Å². The van der Waals surface area contributed by atoms with Gasteiger partial charge in [-0.05, 0) is 13.8 Å². The molecule has 0 heterocycles. The minimum Gasteiger partial charge on any atom is -0.499 e. The normalized spacial score (nSPS) is 14.6. The van der Waals surface area contributed by atoms with Crippen molar-refractivity contribution in [3.05, 3.63) is 12.8 Å². The Hall–Kier alpha value is -0.620. The van der Waals surface area contributed by atoms with Gasteiger partial charge in [0.1, 0.15) is 6.61 Å². The monoisotopic (exact) mass is 220 g/mol. The second kappa shape index (κ2) is 9.92. The Morgan fingerprint density at radius 2 is 1.73 bits per heavy atom. The molecule has 0 bridgehead atoms. The third kappa shape index (κ3) is 9.68. The largest absolute Gasteiger partial charge is 0.499 e. The van der Waals surface area contributed by atoms with Crippen LogP contribution in [0.4, 0.5) is 0 Å². The molecule has 0 amide bonds. The van der Waals surface area contributed by atoms with E-state index in [0.717, 1.165) is 0 Å². The van der Waals surface area contributed by atoms with Crippen LogP contribution in [0.2, 0.25) is 0 Å². The second-order valence-electron chi connectivity index (χ2n) is 2.77. The first-order chi connectivity index (χ1) is 7.20. The Labute approximate surface area is 90.6 Å². The summed E-state index contributed by atoms with van der Waals surface area (Å²) in [6.45, 7) is 8.04. The Balaban J connectivity index is 3.37. The predicted octanol–water partition coefficient (Wildman–Crippen LogP) is 0.881. The van der Waals surface area contributed by atoms with Gasteiger partial charge in [-0.1, -0.05) is 6.58 Å². The smallest absolute Gasteiger partial charge is 0.158 e. The zero-order valence-electron chi connectivity index (χ0n) is 9.35. The van der Waals surface area contributed by atoms with Crippen molar-refractivity contribution in [1.29, 1.82) is 0 Å². The minimum atomic E-state index is -0.396. The lowest BCUT2D eigenvalue weighted by atomic mass is 10.6. The van der Waals surface area contributed by atoms with Gasteiger partial charge in [0, 0.05) is 0 Å². The summed E-state index contributed by atoms with van der Waals surface area (Å²) in [6.07, 6.45) is 0.599. The molecule has 1 N–H and O–H groups in total. The average molecular weight is 220 g/mol. The van der Waals surface area contributed by atoms with Gasteiger partial charge in [-0.2, -0.15) is 0 Å². The summed E-state index contributed by atoms with van der Waals surface area (Å²) >= 11 is 0. The quantitative estimate of drug-likeness (QED) is 0.336. The highest BCUT2D eigenvalue weighted by Gasteiger charge is 2.08. The fourth-order valence-corrected chi connectivity index (χ4v) is 0.913. The molecule has 2 atom stereocenters. The average Bonchev–Trinajstić information content (AvgIpc) is 2.21. The predicted molar refractivity (Wildman–Crippen MR) is 55.1 cm³/mol. The lowest BCUT2D eigenvalue weighted by molar-refractivity contribution is -0.234. The van der Waals surface area contributed by atoms with Gasteiger partial charge < -0.3 is 24.1 Å². The number of ether oxygens (including phenoxy) is 4. The Kier molecular flexibility index (Phi) is 9.51. The summed E-state index contributed by atoms with van der Waals surface area (Å²) < 4.78 is 20.5. The number of hydrogen-bond donors (Lipinski definition) is 1. The van der Waals surface area contributed by atoms with Crippen molar-refractivity contribution in [1.82, 2.24) is 0 Å². The van der Waals surface area contributed by atoms with Gasteiger partial charge in [-0.15, -0.1) is 0 Å². The van der Waals surface area contributed by atoms with Gasteiger partial charge in [0.15, 0.2) is 12.6 Å². The first kappa shape index (κ1) is 14.4. The topological polar surface area (TPSA) is 57.2 Å². The van der Waals surface area contributed by atoms with Crippen molar-refractivity contribution in [2.24, 2.45) is 0 Å². The molecule has 2 unspecified atom stereocenters. The van der Waals surface area contributed by atoms with Gasteiger partial charge in [-0.25, -0.2) is 0 Å². The first-order valence-corrected chi connectivity index (χ1v) is 4.92. The zero-order chi connectivity index (χ0) is 11.5. The van der Waals surface area contributed by atoms with Gasteiger partial charge in [0.05, 0.1) is 26.1 Å². The third-order valence-corrected chi connectivity index (χ3v) is 1.50. The molecule has 0 aromatic rings. The Morgan fingerprint density at radius 1 is 1.13 bits per heavy atom. The zero-order valence-corrected chi connectivity index (χ0v) is 9.35. The maximum atomic E-state index is 8.51. The summed E-state index contributed by atoms with van der Waals surface area (Å²) in [5.74, 6) is 0. The van der Waals surface area contributed by atoms with Crippen LogP contribution in [-0.2, 0) is 18.9 Å². The number of aliphatic hydroxyl groups is 1. The van der Waals surface area contributed by atoms with E-state index in [2.05, 4.69) is 6.58 Å². The molecule has 0 saturated heterocycles. The number of aliphatic hydroxyl groups excluding tert-OH is 1. The van der Waals surface area contributed by atoms with Crippen LogP contribution in [-0.4, -0.2) is 44.1 Å². The molecule has 0 aliphatic heterocycles. The van der Waals surface area contributed by atoms with Gasteiger partial charge >= 0.3 is 0 Å².